The maximum Gasteiger partial charge on any atom is -0.0178 e. The molecule has 74 valence electrons. The van der Waals surface area contributed by atoms with Crippen LogP contribution in [0.1, 0.15) is 12.5 Å². The molecule has 0 aliphatic rings. The highest BCUT2D eigenvalue weighted by Gasteiger charge is 1.91. The first-order chi connectivity index (χ1) is 7.40. The third-order valence-electron chi connectivity index (χ3n) is 2.37. The summed E-state index contributed by atoms with van der Waals surface area (Å²) in [6, 6.07) is 14.9. The number of allylic oxidation sites excluding steroid dienone is 3. The summed E-state index contributed by atoms with van der Waals surface area (Å²) in [4.78, 5) is 0. The molecule has 0 amide bonds. The first-order valence-corrected chi connectivity index (χ1v) is 5.18. The molecule has 2 aromatic carbocycles. The van der Waals surface area contributed by atoms with Crippen molar-refractivity contribution in [2.24, 2.45) is 0 Å². The van der Waals surface area contributed by atoms with Crippen LogP contribution in [0, 0.1) is 0 Å². The average Bonchev–Trinajstić information content (AvgIpc) is 2.29. The van der Waals surface area contributed by atoms with Crippen LogP contribution in [0.15, 0.2) is 60.7 Å². The first-order valence-electron chi connectivity index (χ1n) is 5.18. The van der Waals surface area contributed by atoms with Crippen LogP contribution >= 0.6 is 0 Å². The van der Waals surface area contributed by atoms with E-state index in [2.05, 4.69) is 54.6 Å². The molecule has 0 heteroatoms. The molecule has 0 aliphatic heterocycles. The summed E-state index contributed by atoms with van der Waals surface area (Å²) in [6.07, 6.45) is 8.24. The van der Waals surface area contributed by atoms with Crippen molar-refractivity contribution in [3.63, 3.8) is 0 Å². The summed E-state index contributed by atoms with van der Waals surface area (Å²) >= 11 is 0. The molecule has 15 heavy (non-hydrogen) atoms. The lowest BCUT2D eigenvalue weighted by Gasteiger charge is -1.98. The Bertz CT molecular complexity index is 504. The van der Waals surface area contributed by atoms with E-state index < -0.39 is 0 Å². The summed E-state index contributed by atoms with van der Waals surface area (Å²) < 4.78 is 0. The van der Waals surface area contributed by atoms with Crippen molar-refractivity contribution in [2.45, 2.75) is 6.92 Å². The van der Waals surface area contributed by atoms with E-state index in [9.17, 15) is 0 Å². The van der Waals surface area contributed by atoms with Crippen molar-refractivity contribution >= 4 is 16.8 Å². The zero-order valence-corrected chi connectivity index (χ0v) is 8.85. The first kappa shape index (κ1) is 9.72. The zero-order chi connectivity index (χ0) is 10.5. The van der Waals surface area contributed by atoms with Gasteiger partial charge >= 0.3 is 0 Å². The van der Waals surface area contributed by atoms with Gasteiger partial charge < -0.3 is 0 Å². The van der Waals surface area contributed by atoms with Gasteiger partial charge in [-0.1, -0.05) is 60.7 Å². The Morgan fingerprint density at radius 1 is 0.867 bits per heavy atom. The van der Waals surface area contributed by atoms with Crippen molar-refractivity contribution in [2.75, 3.05) is 0 Å². The predicted molar refractivity (Wildman–Crippen MR) is 67.8 cm³/mol. The highest BCUT2D eigenvalue weighted by Crippen LogP contribution is 2.16. The minimum absolute atomic E-state index is 1.24. The van der Waals surface area contributed by atoms with Crippen LogP contribution in [-0.4, -0.2) is 0 Å². The third-order valence-corrected chi connectivity index (χ3v) is 2.37. The maximum atomic E-state index is 2.20. The van der Waals surface area contributed by atoms with Gasteiger partial charge in [0.05, 0.1) is 0 Å². The van der Waals surface area contributed by atoms with Crippen LogP contribution < -0.4 is 0 Å². The summed E-state index contributed by atoms with van der Waals surface area (Å²) in [6.45, 7) is 2.02. The van der Waals surface area contributed by atoms with Crippen molar-refractivity contribution in [1.82, 2.24) is 0 Å². The van der Waals surface area contributed by atoms with E-state index in [0.29, 0.717) is 0 Å². The van der Waals surface area contributed by atoms with Crippen molar-refractivity contribution in [1.29, 1.82) is 0 Å². The van der Waals surface area contributed by atoms with E-state index in [1.807, 2.05) is 19.1 Å². The van der Waals surface area contributed by atoms with Gasteiger partial charge in [0, 0.05) is 0 Å². The van der Waals surface area contributed by atoms with Crippen molar-refractivity contribution < 1.29 is 0 Å². The van der Waals surface area contributed by atoms with Crippen molar-refractivity contribution in [3.05, 3.63) is 66.3 Å². The SMILES string of the molecule is CC=CC=Cc1ccc2ccccc2c1. The smallest absolute Gasteiger partial charge is 0.0178 e. The van der Waals surface area contributed by atoms with Crippen LogP contribution in [0.4, 0.5) is 0 Å². The molecule has 2 rings (SSSR count). The lowest BCUT2D eigenvalue weighted by Crippen LogP contribution is -1.74. The van der Waals surface area contributed by atoms with Gasteiger partial charge in [-0.25, -0.2) is 0 Å². The van der Waals surface area contributed by atoms with Crippen LogP contribution in [0.25, 0.3) is 16.8 Å². The molecule has 0 aliphatic carbocycles. The Morgan fingerprint density at radius 3 is 2.47 bits per heavy atom. The number of rotatable bonds is 2. The molecule has 2 aromatic rings. The second kappa shape index (κ2) is 4.61. The number of hydrogen-bond donors (Lipinski definition) is 0. The summed E-state index contributed by atoms with van der Waals surface area (Å²) in [5, 5.41) is 2.58. The summed E-state index contributed by atoms with van der Waals surface area (Å²) in [5.74, 6) is 0. The zero-order valence-electron chi connectivity index (χ0n) is 8.85. The molecule has 0 saturated heterocycles. The maximum absolute atomic E-state index is 2.20. The van der Waals surface area contributed by atoms with Crippen LogP contribution in [0.5, 0.6) is 0 Å². The Hall–Kier alpha value is -1.82. The van der Waals surface area contributed by atoms with Crippen LogP contribution in [-0.2, 0) is 0 Å². The van der Waals surface area contributed by atoms with E-state index >= 15 is 0 Å². The van der Waals surface area contributed by atoms with Crippen molar-refractivity contribution in [3.8, 4) is 0 Å². The Kier molecular flexibility index (Phi) is 2.99. The fourth-order valence-electron chi connectivity index (χ4n) is 1.59. The molecular formula is C15H14. The van der Waals surface area contributed by atoms with Gasteiger partial charge in [0.25, 0.3) is 0 Å². The molecule has 0 atom stereocenters. The Balaban J connectivity index is 2.38. The predicted octanol–water partition coefficient (Wildman–Crippen LogP) is 4.43. The quantitative estimate of drug-likeness (QED) is 0.620. The van der Waals surface area contributed by atoms with Crippen LogP contribution in [0.2, 0.25) is 0 Å². The number of benzene rings is 2. The minimum atomic E-state index is 1.24. The molecule has 0 N–H and O–H groups in total. The Morgan fingerprint density at radius 2 is 1.67 bits per heavy atom. The van der Waals surface area contributed by atoms with E-state index in [-0.39, 0.29) is 0 Å². The molecule has 0 bridgehead atoms. The minimum Gasteiger partial charge on any atom is -0.0877 e. The lowest BCUT2D eigenvalue weighted by atomic mass is 10.1. The van der Waals surface area contributed by atoms with Crippen LogP contribution in [0.3, 0.4) is 0 Å². The van der Waals surface area contributed by atoms with E-state index in [4.69, 9.17) is 0 Å². The normalized spacial score (nSPS) is 11.8. The second-order valence-corrected chi connectivity index (χ2v) is 3.49. The molecule has 0 nitrogen and oxygen atoms in total. The highest BCUT2D eigenvalue weighted by atomic mass is 14.0. The van der Waals surface area contributed by atoms with E-state index in [1.54, 1.807) is 0 Å². The second-order valence-electron chi connectivity index (χ2n) is 3.49. The third kappa shape index (κ3) is 2.35. The van der Waals surface area contributed by atoms with E-state index in [1.165, 1.54) is 16.3 Å². The summed E-state index contributed by atoms with van der Waals surface area (Å²) in [7, 11) is 0. The molecule has 0 unspecified atom stereocenters. The van der Waals surface area contributed by atoms with Gasteiger partial charge in [-0.2, -0.15) is 0 Å². The van der Waals surface area contributed by atoms with Gasteiger partial charge in [-0.15, -0.1) is 0 Å². The molecular weight excluding hydrogens is 180 g/mol. The van der Waals surface area contributed by atoms with Gasteiger partial charge in [0.1, 0.15) is 0 Å². The lowest BCUT2D eigenvalue weighted by molar-refractivity contribution is 1.70. The average molecular weight is 194 g/mol. The molecule has 0 fully saturated rings. The van der Waals surface area contributed by atoms with Gasteiger partial charge in [0.15, 0.2) is 0 Å². The number of hydrogen-bond acceptors (Lipinski definition) is 0. The fraction of sp³-hybridized carbons (Fsp3) is 0.0667. The van der Waals surface area contributed by atoms with Gasteiger partial charge in [-0.3, -0.25) is 0 Å². The fourth-order valence-corrected chi connectivity index (χ4v) is 1.59. The van der Waals surface area contributed by atoms with E-state index in [0.717, 1.165) is 0 Å². The summed E-state index contributed by atoms with van der Waals surface area (Å²) in [5.41, 5.74) is 1.24. The standard InChI is InChI=1S/C15H14/c1-2-3-4-7-13-10-11-14-8-5-6-9-15(14)12-13/h2-12H,1H3. The number of fused-ring (bicyclic) bond motifs is 1. The highest BCUT2D eigenvalue weighted by molar-refractivity contribution is 5.84. The monoisotopic (exact) mass is 194 g/mol. The molecule has 0 aromatic heterocycles. The molecule has 0 saturated carbocycles. The van der Waals surface area contributed by atoms with Gasteiger partial charge in [-0.05, 0) is 29.3 Å². The molecule has 0 radical (unpaired) electrons. The topological polar surface area (TPSA) is 0 Å². The molecule has 0 spiro atoms. The molecule has 0 heterocycles. The Labute approximate surface area is 90.6 Å². The van der Waals surface area contributed by atoms with Gasteiger partial charge in [0.2, 0.25) is 0 Å². The largest absolute Gasteiger partial charge is 0.0877 e.